The van der Waals surface area contributed by atoms with E-state index in [1.165, 1.54) is 101 Å². The summed E-state index contributed by atoms with van der Waals surface area (Å²) in [6, 6.07) is 44.0. The molecule has 6 aromatic rings. The lowest BCUT2D eigenvalue weighted by atomic mass is 9.33. The van der Waals surface area contributed by atoms with E-state index in [-0.39, 0.29) is 44.6 Å². The fraction of sp³-hybridized carbons (Fsp3) is 0.429. The van der Waals surface area contributed by atoms with Crippen molar-refractivity contribution in [1.29, 1.82) is 0 Å². The molecular formula is C63H77BN2. The zero-order chi connectivity index (χ0) is 48.1. The smallest absolute Gasteiger partial charge is 0.252 e. The van der Waals surface area contributed by atoms with Gasteiger partial charge in [-0.15, -0.1) is 0 Å². The molecule has 3 aliphatic rings. The molecule has 0 radical (unpaired) electrons. The van der Waals surface area contributed by atoms with Gasteiger partial charge < -0.3 is 9.80 Å². The molecule has 0 saturated heterocycles. The van der Waals surface area contributed by atoms with Crippen LogP contribution in [0.15, 0.2) is 109 Å². The molecule has 0 atom stereocenters. The van der Waals surface area contributed by atoms with Gasteiger partial charge in [-0.25, -0.2) is 0 Å². The van der Waals surface area contributed by atoms with Gasteiger partial charge in [-0.3, -0.25) is 0 Å². The van der Waals surface area contributed by atoms with Crippen LogP contribution in [0.4, 0.5) is 34.1 Å². The normalized spacial score (nSPS) is 16.5. The minimum absolute atomic E-state index is 0.00624. The van der Waals surface area contributed by atoms with Gasteiger partial charge in [0.15, 0.2) is 0 Å². The van der Waals surface area contributed by atoms with E-state index in [1.54, 1.807) is 0 Å². The Bertz CT molecular complexity index is 2920. The van der Waals surface area contributed by atoms with Crippen LogP contribution in [-0.2, 0) is 37.9 Å². The number of hydrogen-bond acceptors (Lipinski definition) is 2. The van der Waals surface area contributed by atoms with Gasteiger partial charge in [-0.2, -0.15) is 0 Å². The fourth-order valence-electron chi connectivity index (χ4n) is 11.6. The van der Waals surface area contributed by atoms with Crippen molar-refractivity contribution in [1.82, 2.24) is 0 Å². The molecule has 2 aliphatic heterocycles. The third-order valence-corrected chi connectivity index (χ3v) is 15.4. The summed E-state index contributed by atoms with van der Waals surface area (Å²) in [7, 11) is 0. The third-order valence-electron chi connectivity index (χ3n) is 15.4. The lowest BCUT2D eigenvalue weighted by Gasteiger charge is -2.46. The number of benzene rings is 6. The predicted molar refractivity (Wildman–Crippen MR) is 290 cm³/mol. The zero-order valence-electron chi connectivity index (χ0n) is 44.1. The lowest BCUT2D eigenvalue weighted by molar-refractivity contribution is 0.403. The van der Waals surface area contributed by atoms with E-state index in [4.69, 9.17) is 0 Å². The Labute approximate surface area is 400 Å². The maximum atomic E-state index is 2.71. The Morgan fingerprint density at radius 1 is 0.394 bits per heavy atom. The second-order valence-corrected chi connectivity index (χ2v) is 26.8. The van der Waals surface area contributed by atoms with Crippen LogP contribution in [0.2, 0.25) is 0 Å². The number of fused-ring (bicyclic) bond motifs is 5. The Kier molecular flexibility index (Phi) is 10.3. The summed E-state index contributed by atoms with van der Waals surface area (Å²) in [5.74, 6) is 0. The summed E-state index contributed by atoms with van der Waals surface area (Å²) in [6.45, 7) is 45.2. The first kappa shape index (κ1) is 46.1. The van der Waals surface area contributed by atoms with Crippen LogP contribution in [0.5, 0.6) is 0 Å². The van der Waals surface area contributed by atoms with Crippen LogP contribution in [-0.4, -0.2) is 6.71 Å². The van der Waals surface area contributed by atoms with Crippen molar-refractivity contribution in [2.24, 2.45) is 0 Å². The first-order chi connectivity index (χ1) is 30.4. The highest BCUT2D eigenvalue weighted by Gasteiger charge is 2.49. The SMILES string of the molecule is CC(C)(C)c1cccc(-c2cc(C(C)(C)C)ccc2N2c3cc4c(cc3B3c5ccc(C(C)(C)C)cc5N(c5cccc(C(C)(C)C)c5)c5cc(C(C)(C)C)cc2c53)C(C)(C)CC4(C)C)c1. The molecule has 0 aromatic heterocycles. The molecule has 0 unspecified atom stereocenters. The highest BCUT2D eigenvalue weighted by molar-refractivity contribution is 7.00. The monoisotopic (exact) mass is 873 g/mol. The van der Waals surface area contributed by atoms with Gasteiger partial charge in [0.05, 0.1) is 5.69 Å². The Balaban J connectivity index is 1.47. The van der Waals surface area contributed by atoms with Crippen LogP contribution in [0.3, 0.4) is 0 Å². The van der Waals surface area contributed by atoms with Crippen molar-refractivity contribution >= 4 is 57.2 Å². The molecule has 2 nitrogen and oxygen atoms in total. The van der Waals surface area contributed by atoms with Crippen LogP contribution < -0.4 is 26.2 Å². The van der Waals surface area contributed by atoms with E-state index in [9.17, 15) is 0 Å². The summed E-state index contributed by atoms with van der Waals surface area (Å²) in [4.78, 5) is 5.36. The maximum absolute atomic E-state index is 2.71. The quantitative estimate of drug-likeness (QED) is 0.163. The Morgan fingerprint density at radius 2 is 0.864 bits per heavy atom. The van der Waals surface area contributed by atoms with Crippen LogP contribution in [0.25, 0.3) is 11.1 Å². The van der Waals surface area contributed by atoms with Crippen molar-refractivity contribution in [2.45, 2.75) is 176 Å². The van der Waals surface area contributed by atoms with Crippen molar-refractivity contribution in [3.8, 4) is 11.1 Å². The average Bonchev–Trinajstić information content (AvgIpc) is 3.39. The van der Waals surface area contributed by atoms with Crippen molar-refractivity contribution in [3.63, 3.8) is 0 Å². The van der Waals surface area contributed by atoms with Crippen molar-refractivity contribution < 1.29 is 0 Å². The summed E-state index contributed by atoms with van der Waals surface area (Å²) >= 11 is 0. The van der Waals surface area contributed by atoms with Gasteiger partial charge in [0.1, 0.15) is 0 Å². The van der Waals surface area contributed by atoms with Crippen molar-refractivity contribution in [3.05, 3.63) is 148 Å². The molecule has 3 heteroatoms. The largest absolute Gasteiger partial charge is 0.311 e. The van der Waals surface area contributed by atoms with E-state index in [2.05, 4.69) is 251 Å². The molecular weight excluding hydrogens is 796 g/mol. The highest BCUT2D eigenvalue weighted by atomic mass is 15.2. The van der Waals surface area contributed by atoms with E-state index >= 15 is 0 Å². The Hall–Kier alpha value is -5.02. The van der Waals surface area contributed by atoms with Crippen LogP contribution in [0, 0.1) is 0 Å². The first-order valence-electron chi connectivity index (χ1n) is 24.8. The molecule has 6 aromatic carbocycles. The fourth-order valence-corrected chi connectivity index (χ4v) is 11.6. The van der Waals surface area contributed by atoms with Gasteiger partial charge in [0, 0.05) is 34.0 Å². The number of anilines is 6. The molecule has 0 saturated carbocycles. The van der Waals surface area contributed by atoms with Gasteiger partial charge in [-0.1, -0.05) is 192 Å². The van der Waals surface area contributed by atoms with Crippen LogP contribution >= 0.6 is 0 Å². The molecule has 0 spiro atoms. The van der Waals surface area contributed by atoms with Gasteiger partial charge in [0.25, 0.3) is 6.71 Å². The molecule has 1 aliphatic carbocycles. The third kappa shape index (κ3) is 7.65. The highest BCUT2D eigenvalue weighted by Crippen LogP contribution is 2.54. The molecule has 9 rings (SSSR count). The standard InChI is InChI=1S/C63H77BN2/c1-57(2,3)40-23-20-22-39(30-40)46-32-42(59(7,8)9)27-29-51(46)66-53-37-48-47(62(16,17)38-63(48,18)19)36-50(53)64-49-28-26-43(60(10,11)12)33-52(49)65(45-25-21-24-41(31-45)58(4,5)6)54-34-44(61(13,14)15)35-55(66)56(54)64/h20-37H,38H2,1-19H3. The minimum Gasteiger partial charge on any atom is -0.311 e. The lowest BCUT2D eigenvalue weighted by Crippen LogP contribution is -2.61. The molecule has 0 fully saturated rings. The molecule has 0 N–H and O–H groups in total. The molecule has 66 heavy (non-hydrogen) atoms. The van der Waals surface area contributed by atoms with Gasteiger partial charge >= 0.3 is 0 Å². The van der Waals surface area contributed by atoms with Gasteiger partial charge in [0.2, 0.25) is 0 Å². The van der Waals surface area contributed by atoms with E-state index in [0.29, 0.717) is 0 Å². The predicted octanol–water partition coefficient (Wildman–Crippen LogP) is 15.9. The number of nitrogens with zero attached hydrogens (tertiary/aromatic N) is 2. The number of hydrogen-bond donors (Lipinski definition) is 0. The van der Waals surface area contributed by atoms with Crippen molar-refractivity contribution in [2.75, 3.05) is 9.80 Å². The number of rotatable bonds is 3. The van der Waals surface area contributed by atoms with Gasteiger partial charge in [-0.05, 0) is 154 Å². The zero-order valence-corrected chi connectivity index (χ0v) is 44.1. The molecule has 342 valence electrons. The van der Waals surface area contributed by atoms with E-state index < -0.39 is 0 Å². The maximum Gasteiger partial charge on any atom is 0.252 e. The van der Waals surface area contributed by atoms with E-state index in [1.807, 2.05) is 0 Å². The second-order valence-electron chi connectivity index (χ2n) is 26.8. The first-order valence-corrected chi connectivity index (χ1v) is 24.8. The Morgan fingerprint density at radius 3 is 1.45 bits per heavy atom. The molecule has 0 bridgehead atoms. The second kappa shape index (κ2) is 14.7. The van der Waals surface area contributed by atoms with Crippen LogP contribution in [0.1, 0.15) is 177 Å². The summed E-state index contributed by atoms with van der Waals surface area (Å²) < 4.78 is 0. The molecule has 2 heterocycles. The summed E-state index contributed by atoms with van der Waals surface area (Å²) in [5, 5.41) is 0. The minimum atomic E-state index is -0.122. The summed E-state index contributed by atoms with van der Waals surface area (Å²) in [5.41, 5.74) is 23.9. The topological polar surface area (TPSA) is 6.48 Å². The average molecular weight is 873 g/mol. The van der Waals surface area contributed by atoms with E-state index in [0.717, 1.165) is 6.42 Å². The molecule has 0 amide bonds. The summed E-state index contributed by atoms with van der Waals surface area (Å²) in [6.07, 6.45) is 1.11.